The molecule has 0 atom stereocenters. The molecule has 0 heterocycles. The van der Waals surface area contributed by atoms with Gasteiger partial charge in [0.1, 0.15) is 5.75 Å². The van der Waals surface area contributed by atoms with Gasteiger partial charge in [0, 0.05) is 17.8 Å². The third kappa shape index (κ3) is 2.58. The Morgan fingerprint density at radius 1 is 1.05 bits per heavy atom. The third-order valence-corrected chi connectivity index (χ3v) is 3.82. The first-order chi connectivity index (χ1) is 9.22. The Labute approximate surface area is 114 Å². The van der Waals surface area contributed by atoms with Crippen LogP contribution in [-0.2, 0) is 19.4 Å². The molecule has 2 heteroatoms. The SMILES string of the molecule is Cc1ccc(O)c(CNc2ccc3c(c2)CCC3)c1. The van der Waals surface area contributed by atoms with Crippen LogP contribution >= 0.6 is 0 Å². The first kappa shape index (κ1) is 12.1. The van der Waals surface area contributed by atoms with Crippen LogP contribution in [0.5, 0.6) is 5.75 Å². The van der Waals surface area contributed by atoms with Gasteiger partial charge in [0.25, 0.3) is 0 Å². The van der Waals surface area contributed by atoms with Gasteiger partial charge in [-0.05, 0) is 55.5 Å². The summed E-state index contributed by atoms with van der Waals surface area (Å²) in [5, 5.41) is 13.2. The summed E-state index contributed by atoms with van der Waals surface area (Å²) in [6.45, 7) is 2.70. The molecule has 2 N–H and O–H groups in total. The highest BCUT2D eigenvalue weighted by atomic mass is 16.3. The van der Waals surface area contributed by atoms with E-state index in [0.717, 1.165) is 11.3 Å². The van der Waals surface area contributed by atoms with E-state index in [-0.39, 0.29) is 0 Å². The molecule has 19 heavy (non-hydrogen) atoms. The molecule has 0 saturated heterocycles. The van der Waals surface area contributed by atoms with Crippen molar-refractivity contribution >= 4 is 5.69 Å². The first-order valence-corrected chi connectivity index (χ1v) is 6.86. The Morgan fingerprint density at radius 3 is 2.79 bits per heavy atom. The maximum atomic E-state index is 9.83. The minimum atomic E-state index is 0.360. The number of phenols is 1. The van der Waals surface area contributed by atoms with E-state index in [2.05, 4.69) is 23.5 Å². The molecule has 98 valence electrons. The summed E-state index contributed by atoms with van der Waals surface area (Å²) < 4.78 is 0. The zero-order valence-corrected chi connectivity index (χ0v) is 11.2. The van der Waals surface area contributed by atoms with Gasteiger partial charge in [-0.1, -0.05) is 23.8 Å². The van der Waals surface area contributed by atoms with Crippen molar-refractivity contribution in [3.63, 3.8) is 0 Å². The van der Waals surface area contributed by atoms with Gasteiger partial charge in [0.15, 0.2) is 0 Å². The Balaban J connectivity index is 1.74. The second kappa shape index (κ2) is 4.96. The van der Waals surface area contributed by atoms with Crippen molar-refractivity contribution < 1.29 is 5.11 Å². The van der Waals surface area contributed by atoms with Crippen LogP contribution in [0.1, 0.15) is 28.7 Å². The van der Waals surface area contributed by atoms with Gasteiger partial charge < -0.3 is 10.4 Å². The summed E-state index contributed by atoms with van der Waals surface area (Å²) in [7, 11) is 0. The topological polar surface area (TPSA) is 32.3 Å². The summed E-state index contributed by atoms with van der Waals surface area (Å²) in [6, 6.07) is 12.3. The van der Waals surface area contributed by atoms with Crippen molar-refractivity contribution in [3.8, 4) is 5.75 Å². The molecular formula is C17H19NO. The van der Waals surface area contributed by atoms with Crippen LogP contribution in [0.15, 0.2) is 36.4 Å². The number of benzene rings is 2. The summed E-state index contributed by atoms with van der Waals surface area (Å²) in [4.78, 5) is 0. The fourth-order valence-corrected chi connectivity index (χ4v) is 2.73. The number of hydrogen-bond acceptors (Lipinski definition) is 2. The van der Waals surface area contributed by atoms with E-state index in [1.807, 2.05) is 19.1 Å². The van der Waals surface area contributed by atoms with E-state index < -0.39 is 0 Å². The molecule has 0 bridgehead atoms. The largest absolute Gasteiger partial charge is 0.508 e. The van der Waals surface area contributed by atoms with Crippen molar-refractivity contribution in [2.45, 2.75) is 32.7 Å². The number of fused-ring (bicyclic) bond motifs is 1. The van der Waals surface area contributed by atoms with Crippen molar-refractivity contribution in [1.82, 2.24) is 0 Å². The van der Waals surface area contributed by atoms with Crippen LogP contribution in [-0.4, -0.2) is 5.11 Å². The third-order valence-electron chi connectivity index (χ3n) is 3.82. The van der Waals surface area contributed by atoms with Gasteiger partial charge in [-0.2, -0.15) is 0 Å². The Morgan fingerprint density at radius 2 is 1.89 bits per heavy atom. The highest BCUT2D eigenvalue weighted by molar-refractivity contribution is 5.51. The van der Waals surface area contributed by atoms with Crippen LogP contribution in [0.25, 0.3) is 0 Å². The zero-order valence-electron chi connectivity index (χ0n) is 11.2. The second-order valence-electron chi connectivity index (χ2n) is 5.32. The molecule has 0 fully saturated rings. The number of hydrogen-bond donors (Lipinski definition) is 2. The lowest BCUT2D eigenvalue weighted by Crippen LogP contribution is -2.00. The van der Waals surface area contributed by atoms with Crippen LogP contribution < -0.4 is 5.32 Å². The van der Waals surface area contributed by atoms with Gasteiger partial charge >= 0.3 is 0 Å². The Bertz CT molecular complexity index is 604. The molecule has 0 amide bonds. The van der Waals surface area contributed by atoms with Crippen molar-refractivity contribution in [1.29, 1.82) is 0 Å². The smallest absolute Gasteiger partial charge is 0.120 e. The minimum Gasteiger partial charge on any atom is -0.508 e. The number of rotatable bonds is 3. The molecule has 2 aromatic rings. The summed E-state index contributed by atoms with van der Waals surface area (Å²) in [5.74, 6) is 0.360. The van der Waals surface area contributed by atoms with Crippen LogP contribution in [0.2, 0.25) is 0 Å². The summed E-state index contributed by atoms with van der Waals surface area (Å²) >= 11 is 0. The summed E-state index contributed by atoms with van der Waals surface area (Å²) in [6.07, 6.45) is 3.69. The zero-order chi connectivity index (χ0) is 13.2. The molecular weight excluding hydrogens is 234 g/mol. The molecule has 2 aromatic carbocycles. The minimum absolute atomic E-state index is 0.360. The predicted octanol–water partition coefficient (Wildman–Crippen LogP) is 3.80. The van der Waals surface area contributed by atoms with Crippen LogP contribution in [0.3, 0.4) is 0 Å². The van der Waals surface area contributed by atoms with Crippen molar-refractivity contribution in [3.05, 3.63) is 58.7 Å². The number of anilines is 1. The molecule has 0 spiro atoms. The molecule has 0 saturated carbocycles. The van der Waals surface area contributed by atoms with Gasteiger partial charge in [-0.25, -0.2) is 0 Å². The van der Waals surface area contributed by atoms with E-state index in [0.29, 0.717) is 12.3 Å². The van der Waals surface area contributed by atoms with Crippen molar-refractivity contribution in [2.75, 3.05) is 5.32 Å². The Kier molecular flexibility index (Phi) is 3.16. The molecule has 3 rings (SSSR count). The first-order valence-electron chi connectivity index (χ1n) is 6.86. The second-order valence-corrected chi connectivity index (χ2v) is 5.32. The van der Waals surface area contributed by atoms with Gasteiger partial charge in [0.2, 0.25) is 0 Å². The molecule has 0 aromatic heterocycles. The standard InChI is InChI=1S/C17H19NO/c1-12-5-8-17(19)15(9-12)11-18-16-7-6-13-3-2-4-14(13)10-16/h5-10,18-19H,2-4,11H2,1H3. The lowest BCUT2D eigenvalue weighted by atomic mass is 10.1. The molecule has 1 aliphatic carbocycles. The molecule has 1 aliphatic rings. The molecule has 0 unspecified atom stereocenters. The van der Waals surface area contributed by atoms with E-state index in [1.165, 1.54) is 36.0 Å². The van der Waals surface area contributed by atoms with Gasteiger partial charge in [0.05, 0.1) is 0 Å². The average Bonchev–Trinajstić information content (AvgIpc) is 2.87. The monoisotopic (exact) mass is 253 g/mol. The highest BCUT2D eigenvalue weighted by Crippen LogP contribution is 2.26. The molecule has 0 radical (unpaired) electrons. The number of phenolic OH excluding ortho intramolecular Hbond substituents is 1. The maximum absolute atomic E-state index is 9.83. The predicted molar refractivity (Wildman–Crippen MR) is 78.6 cm³/mol. The fraction of sp³-hybridized carbons (Fsp3) is 0.294. The van der Waals surface area contributed by atoms with Gasteiger partial charge in [-0.3, -0.25) is 0 Å². The van der Waals surface area contributed by atoms with Crippen LogP contribution in [0, 0.1) is 6.92 Å². The van der Waals surface area contributed by atoms with E-state index >= 15 is 0 Å². The average molecular weight is 253 g/mol. The quantitative estimate of drug-likeness (QED) is 0.872. The lowest BCUT2D eigenvalue weighted by Gasteiger charge is -2.10. The normalized spacial score (nSPS) is 13.3. The summed E-state index contributed by atoms with van der Waals surface area (Å²) in [5.41, 5.74) is 6.22. The fourth-order valence-electron chi connectivity index (χ4n) is 2.73. The molecule has 0 aliphatic heterocycles. The van der Waals surface area contributed by atoms with Gasteiger partial charge in [-0.15, -0.1) is 0 Å². The number of aryl methyl sites for hydroxylation is 3. The van der Waals surface area contributed by atoms with E-state index in [1.54, 1.807) is 6.07 Å². The lowest BCUT2D eigenvalue weighted by molar-refractivity contribution is 0.469. The van der Waals surface area contributed by atoms with Crippen LogP contribution in [0.4, 0.5) is 5.69 Å². The molecule has 2 nitrogen and oxygen atoms in total. The maximum Gasteiger partial charge on any atom is 0.120 e. The highest BCUT2D eigenvalue weighted by Gasteiger charge is 2.10. The van der Waals surface area contributed by atoms with E-state index in [9.17, 15) is 5.11 Å². The number of aromatic hydroxyl groups is 1. The Hall–Kier alpha value is -1.96. The van der Waals surface area contributed by atoms with Crippen molar-refractivity contribution in [2.24, 2.45) is 0 Å². The number of nitrogens with one attached hydrogen (secondary N) is 1. The van der Waals surface area contributed by atoms with E-state index in [4.69, 9.17) is 0 Å².